The highest BCUT2D eigenvalue weighted by Crippen LogP contribution is 2.21. The topological polar surface area (TPSA) is 63.7 Å². The van der Waals surface area contributed by atoms with Crippen LogP contribution in [0.15, 0.2) is 41.8 Å². The lowest BCUT2D eigenvalue weighted by Crippen LogP contribution is -2.40. The Morgan fingerprint density at radius 1 is 1.12 bits per heavy atom. The number of amides is 1. The van der Waals surface area contributed by atoms with E-state index in [-0.39, 0.29) is 30.0 Å². The van der Waals surface area contributed by atoms with E-state index in [0.29, 0.717) is 36.4 Å². The first-order valence-corrected chi connectivity index (χ1v) is 9.21. The van der Waals surface area contributed by atoms with Gasteiger partial charge in [-0.25, -0.2) is 4.39 Å². The third-order valence-corrected chi connectivity index (χ3v) is 5.26. The Morgan fingerprint density at radius 2 is 1.81 bits per heavy atom. The fourth-order valence-corrected chi connectivity index (χ4v) is 3.51. The number of hydrogen-bond donors (Lipinski definition) is 0. The van der Waals surface area contributed by atoms with Gasteiger partial charge in [0.05, 0.1) is 10.8 Å². The van der Waals surface area contributed by atoms with Gasteiger partial charge in [0.1, 0.15) is 5.82 Å². The van der Waals surface area contributed by atoms with Gasteiger partial charge in [-0.15, -0.1) is 11.3 Å². The maximum atomic E-state index is 13.0. The molecule has 1 aliphatic rings. The van der Waals surface area contributed by atoms with Crippen molar-refractivity contribution in [1.29, 1.82) is 0 Å². The van der Waals surface area contributed by atoms with Crippen LogP contribution in [0.3, 0.4) is 0 Å². The van der Waals surface area contributed by atoms with Crippen molar-refractivity contribution in [2.45, 2.75) is 12.8 Å². The van der Waals surface area contributed by atoms with E-state index in [1.807, 2.05) is 0 Å². The standard InChI is InChI=1S/C19H18FNO4S/c20-15-5-3-13(4-6-15)18(23)21-9-7-14(8-10-21)19(24)25-12-16(22)17-2-1-11-26-17/h1-6,11,14H,7-10,12H2. The van der Waals surface area contributed by atoms with Gasteiger partial charge in [-0.3, -0.25) is 14.4 Å². The molecule has 0 saturated carbocycles. The highest BCUT2D eigenvalue weighted by Gasteiger charge is 2.29. The zero-order chi connectivity index (χ0) is 18.5. The number of Topliss-reactive ketones (excluding diaryl/α,β-unsaturated/α-hetero) is 1. The van der Waals surface area contributed by atoms with E-state index in [0.717, 1.165) is 0 Å². The number of rotatable bonds is 5. The summed E-state index contributed by atoms with van der Waals surface area (Å²) in [6, 6.07) is 8.88. The molecular formula is C19H18FNO4S. The van der Waals surface area contributed by atoms with E-state index in [1.54, 1.807) is 22.4 Å². The molecule has 0 unspecified atom stereocenters. The fraction of sp³-hybridized carbons (Fsp3) is 0.316. The maximum absolute atomic E-state index is 13.0. The molecule has 1 aromatic heterocycles. The molecule has 0 atom stereocenters. The van der Waals surface area contributed by atoms with Crippen LogP contribution in [0.5, 0.6) is 0 Å². The van der Waals surface area contributed by atoms with Crippen LogP contribution in [0.1, 0.15) is 32.9 Å². The van der Waals surface area contributed by atoms with E-state index in [2.05, 4.69) is 0 Å². The van der Waals surface area contributed by atoms with Gasteiger partial charge < -0.3 is 9.64 Å². The normalized spacial score (nSPS) is 14.9. The third-order valence-electron chi connectivity index (χ3n) is 4.35. The molecule has 0 bridgehead atoms. The lowest BCUT2D eigenvalue weighted by atomic mass is 9.96. The Balaban J connectivity index is 1.47. The molecule has 26 heavy (non-hydrogen) atoms. The van der Waals surface area contributed by atoms with Crippen molar-refractivity contribution in [3.8, 4) is 0 Å². The van der Waals surface area contributed by atoms with Gasteiger partial charge in [-0.1, -0.05) is 6.07 Å². The van der Waals surface area contributed by atoms with Crippen LogP contribution >= 0.6 is 11.3 Å². The second-order valence-electron chi connectivity index (χ2n) is 6.08. The number of halogens is 1. The zero-order valence-electron chi connectivity index (χ0n) is 14.0. The minimum Gasteiger partial charge on any atom is -0.457 e. The van der Waals surface area contributed by atoms with Crippen LogP contribution in [-0.4, -0.2) is 42.3 Å². The average molecular weight is 375 g/mol. The highest BCUT2D eigenvalue weighted by atomic mass is 32.1. The van der Waals surface area contributed by atoms with Crippen molar-refractivity contribution in [3.63, 3.8) is 0 Å². The number of likely N-dealkylation sites (tertiary alicyclic amines) is 1. The first-order chi connectivity index (χ1) is 12.5. The molecule has 7 heteroatoms. The Morgan fingerprint density at radius 3 is 2.42 bits per heavy atom. The lowest BCUT2D eigenvalue weighted by molar-refractivity contribution is -0.148. The minimum absolute atomic E-state index is 0.176. The zero-order valence-corrected chi connectivity index (χ0v) is 14.8. The molecule has 1 fully saturated rings. The number of ether oxygens (including phenoxy) is 1. The number of carbonyl (C=O) groups is 3. The summed E-state index contributed by atoms with van der Waals surface area (Å²) in [5.41, 5.74) is 0.425. The van der Waals surface area contributed by atoms with Crippen molar-refractivity contribution >= 4 is 29.0 Å². The first-order valence-electron chi connectivity index (χ1n) is 8.33. The smallest absolute Gasteiger partial charge is 0.309 e. The molecule has 3 rings (SSSR count). The molecule has 136 valence electrons. The largest absolute Gasteiger partial charge is 0.457 e. The van der Waals surface area contributed by atoms with Gasteiger partial charge in [0.25, 0.3) is 5.91 Å². The molecule has 2 heterocycles. The Bertz CT molecular complexity index is 780. The number of esters is 1. The fourth-order valence-electron chi connectivity index (χ4n) is 2.86. The van der Waals surface area contributed by atoms with E-state index >= 15 is 0 Å². The number of piperidine rings is 1. The molecule has 1 saturated heterocycles. The van der Waals surface area contributed by atoms with Gasteiger partial charge >= 0.3 is 5.97 Å². The number of nitrogens with zero attached hydrogens (tertiary/aromatic N) is 1. The predicted octanol–water partition coefficient (Wildman–Crippen LogP) is 3.17. The van der Waals surface area contributed by atoms with Crippen molar-refractivity contribution in [2.24, 2.45) is 5.92 Å². The second-order valence-corrected chi connectivity index (χ2v) is 7.03. The average Bonchev–Trinajstić information content (AvgIpc) is 3.21. The van der Waals surface area contributed by atoms with Crippen molar-refractivity contribution in [3.05, 3.63) is 58.0 Å². The molecule has 1 amide bonds. The van der Waals surface area contributed by atoms with E-state index in [1.165, 1.54) is 35.6 Å². The van der Waals surface area contributed by atoms with E-state index < -0.39 is 5.97 Å². The molecule has 1 aromatic carbocycles. The van der Waals surface area contributed by atoms with Crippen LogP contribution in [0.25, 0.3) is 0 Å². The van der Waals surface area contributed by atoms with Crippen LogP contribution in [-0.2, 0) is 9.53 Å². The number of hydrogen-bond acceptors (Lipinski definition) is 5. The number of benzene rings is 1. The number of carbonyl (C=O) groups excluding carboxylic acids is 3. The molecule has 0 radical (unpaired) electrons. The summed E-state index contributed by atoms with van der Waals surface area (Å²) in [6.45, 7) is 0.595. The maximum Gasteiger partial charge on any atom is 0.309 e. The van der Waals surface area contributed by atoms with Gasteiger partial charge in [0.2, 0.25) is 5.78 Å². The predicted molar refractivity (Wildman–Crippen MR) is 94.6 cm³/mol. The van der Waals surface area contributed by atoms with Crippen molar-refractivity contribution in [2.75, 3.05) is 19.7 Å². The monoisotopic (exact) mass is 375 g/mol. The second kappa shape index (κ2) is 8.23. The summed E-state index contributed by atoms with van der Waals surface area (Å²) < 4.78 is 18.1. The Labute approximate surface area is 154 Å². The molecule has 1 aliphatic heterocycles. The van der Waals surface area contributed by atoms with Crippen molar-refractivity contribution in [1.82, 2.24) is 4.90 Å². The van der Waals surface area contributed by atoms with E-state index in [4.69, 9.17) is 4.74 Å². The Kier molecular flexibility index (Phi) is 5.78. The summed E-state index contributed by atoms with van der Waals surface area (Å²) in [5, 5.41) is 1.79. The van der Waals surface area contributed by atoms with Gasteiger partial charge in [-0.05, 0) is 48.6 Å². The van der Waals surface area contributed by atoms with E-state index in [9.17, 15) is 18.8 Å². The molecule has 5 nitrogen and oxygen atoms in total. The lowest BCUT2D eigenvalue weighted by Gasteiger charge is -2.31. The van der Waals surface area contributed by atoms with Crippen LogP contribution < -0.4 is 0 Å². The Hall–Kier alpha value is -2.54. The number of thiophene rings is 1. The molecule has 0 N–H and O–H groups in total. The summed E-state index contributed by atoms with van der Waals surface area (Å²) >= 11 is 1.31. The number of ketones is 1. The van der Waals surface area contributed by atoms with Gasteiger partial charge in [0, 0.05) is 18.7 Å². The summed E-state index contributed by atoms with van der Waals surface area (Å²) in [6.07, 6.45) is 0.970. The highest BCUT2D eigenvalue weighted by molar-refractivity contribution is 7.12. The van der Waals surface area contributed by atoms with Gasteiger partial charge in [-0.2, -0.15) is 0 Å². The first kappa shape index (κ1) is 18.3. The summed E-state index contributed by atoms with van der Waals surface area (Å²) in [7, 11) is 0. The van der Waals surface area contributed by atoms with Crippen LogP contribution in [0, 0.1) is 11.7 Å². The minimum atomic E-state index is -0.399. The third kappa shape index (κ3) is 4.35. The van der Waals surface area contributed by atoms with Crippen molar-refractivity contribution < 1.29 is 23.5 Å². The molecule has 0 aliphatic carbocycles. The SMILES string of the molecule is O=C(COC(=O)C1CCN(C(=O)c2ccc(F)cc2)CC1)c1cccs1. The molecule has 2 aromatic rings. The van der Waals surface area contributed by atoms with Crippen LogP contribution in [0.4, 0.5) is 4.39 Å². The van der Waals surface area contributed by atoms with Crippen LogP contribution in [0.2, 0.25) is 0 Å². The van der Waals surface area contributed by atoms with Gasteiger partial charge in [0.15, 0.2) is 6.61 Å². The summed E-state index contributed by atoms with van der Waals surface area (Å²) in [5.74, 6) is -1.49. The molecule has 0 spiro atoms. The summed E-state index contributed by atoms with van der Waals surface area (Å²) in [4.78, 5) is 38.6. The quantitative estimate of drug-likeness (QED) is 0.595. The molecular weight excluding hydrogens is 357 g/mol.